The van der Waals surface area contributed by atoms with Gasteiger partial charge in [0.2, 0.25) is 0 Å². The molecule has 0 amide bonds. The van der Waals surface area contributed by atoms with Gasteiger partial charge in [0.05, 0.1) is 11.1 Å². The molecule has 0 fully saturated rings. The number of hydrogen-bond acceptors (Lipinski definition) is 2. The molecule has 2 aliphatic carbocycles. The number of anilines is 3. The zero-order valence-electron chi connectivity index (χ0n) is 32.4. The minimum Gasteiger partial charge on any atom is -0.457 e. The van der Waals surface area contributed by atoms with Gasteiger partial charge in [-0.15, -0.1) is 0 Å². The van der Waals surface area contributed by atoms with Crippen LogP contribution in [0.15, 0.2) is 200 Å². The SMILES string of the molecule is CC1(C)c2ccccc2-c2c(N(c3cccc(-c4ccccc4)c3)c3ccc4c(c3)C3(c5ccccc5Oc5ccc6ccccc6c53)c3ccccc3-4)cccc21. The Hall–Kier alpha value is -7.16. The van der Waals surface area contributed by atoms with Crippen molar-refractivity contribution in [2.75, 3.05) is 4.90 Å². The molecule has 1 atom stereocenters. The van der Waals surface area contributed by atoms with Gasteiger partial charge in [-0.1, -0.05) is 172 Å². The summed E-state index contributed by atoms with van der Waals surface area (Å²) in [4.78, 5) is 2.51. The predicted molar refractivity (Wildman–Crippen MR) is 239 cm³/mol. The second kappa shape index (κ2) is 12.2. The van der Waals surface area contributed by atoms with Gasteiger partial charge < -0.3 is 9.64 Å². The van der Waals surface area contributed by atoms with E-state index in [9.17, 15) is 0 Å². The molecule has 1 aliphatic heterocycles. The molecule has 9 aromatic rings. The minimum absolute atomic E-state index is 0.139. The van der Waals surface area contributed by atoms with E-state index >= 15 is 0 Å². The third kappa shape index (κ3) is 4.43. The summed E-state index contributed by atoms with van der Waals surface area (Å²) in [7, 11) is 0. The first-order chi connectivity index (χ1) is 28.5. The number of nitrogens with zero attached hydrogens (tertiary/aromatic N) is 1. The molecule has 1 spiro atoms. The van der Waals surface area contributed by atoms with Crippen LogP contribution in [0.25, 0.3) is 44.2 Å². The Balaban J connectivity index is 1.18. The average molecular weight is 742 g/mol. The number of rotatable bonds is 4. The molecule has 2 nitrogen and oxygen atoms in total. The van der Waals surface area contributed by atoms with E-state index in [0.29, 0.717) is 0 Å². The van der Waals surface area contributed by atoms with Crippen LogP contribution in [0.2, 0.25) is 0 Å². The number of hydrogen-bond donors (Lipinski definition) is 0. The lowest BCUT2D eigenvalue weighted by atomic mass is 9.65. The molecule has 0 aromatic heterocycles. The molecule has 58 heavy (non-hydrogen) atoms. The molecule has 1 heterocycles. The van der Waals surface area contributed by atoms with Crippen LogP contribution in [-0.4, -0.2) is 0 Å². The van der Waals surface area contributed by atoms with Gasteiger partial charge in [0.25, 0.3) is 0 Å². The smallest absolute Gasteiger partial charge is 0.132 e. The molecule has 3 aliphatic rings. The van der Waals surface area contributed by atoms with E-state index in [1.165, 1.54) is 77.7 Å². The second-order valence-electron chi connectivity index (χ2n) is 16.4. The van der Waals surface area contributed by atoms with Crippen molar-refractivity contribution in [2.24, 2.45) is 0 Å². The van der Waals surface area contributed by atoms with E-state index < -0.39 is 5.41 Å². The largest absolute Gasteiger partial charge is 0.457 e. The quantitative estimate of drug-likeness (QED) is 0.178. The van der Waals surface area contributed by atoms with Crippen molar-refractivity contribution >= 4 is 27.8 Å². The van der Waals surface area contributed by atoms with Crippen LogP contribution in [0.5, 0.6) is 11.5 Å². The van der Waals surface area contributed by atoms with E-state index in [4.69, 9.17) is 4.74 Å². The van der Waals surface area contributed by atoms with Crippen LogP contribution in [0.1, 0.15) is 47.2 Å². The molecule has 0 radical (unpaired) electrons. The summed E-state index contributed by atoms with van der Waals surface area (Å²) >= 11 is 0. The Kier molecular flexibility index (Phi) is 6.93. The monoisotopic (exact) mass is 741 g/mol. The fraction of sp³-hybridized carbons (Fsp3) is 0.0714. The van der Waals surface area contributed by atoms with Gasteiger partial charge in [-0.3, -0.25) is 0 Å². The topological polar surface area (TPSA) is 12.5 Å². The zero-order valence-corrected chi connectivity index (χ0v) is 32.4. The summed E-state index contributed by atoms with van der Waals surface area (Å²) in [6.45, 7) is 4.73. The predicted octanol–water partition coefficient (Wildman–Crippen LogP) is 14.8. The standard InChI is InChI=1S/C56H39NO/c1-55(2)45-24-10-9-23-44(45)53-48(55)27-15-28-50(53)57(39-20-14-19-38(34-39)36-16-4-3-5-17-36)40-31-32-43-42-22-8-11-25-46(42)56(49(43)35-40)47-26-12-13-29-51(47)58-52-33-30-37-18-6-7-21-41(37)54(52)56/h3-35H,1-2H3. The zero-order chi connectivity index (χ0) is 38.6. The lowest BCUT2D eigenvalue weighted by Gasteiger charge is -2.40. The van der Waals surface area contributed by atoms with Crippen LogP contribution in [0, 0.1) is 0 Å². The normalized spacial score (nSPS) is 16.1. The second-order valence-corrected chi connectivity index (χ2v) is 16.4. The maximum Gasteiger partial charge on any atom is 0.132 e. The molecule has 0 saturated heterocycles. The van der Waals surface area contributed by atoms with Gasteiger partial charge in [-0.05, 0) is 103 Å². The fourth-order valence-corrected chi connectivity index (χ4v) is 10.6. The summed E-state index contributed by atoms with van der Waals surface area (Å²) in [5.74, 6) is 1.79. The van der Waals surface area contributed by atoms with Gasteiger partial charge in [0.1, 0.15) is 11.5 Å². The highest BCUT2D eigenvalue weighted by molar-refractivity contribution is 6.00. The minimum atomic E-state index is -0.627. The Morgan fingerprint density at radius 2 is 1.07 bits per heavy atom. The highest BCUT2D eigenvalue weighted by atomic mass is 16.5. The molecule has 0 N–H and O–H groups in total. The lowest BCUT2D eigenvalue weighted by molar-refractivity contribution is 0.438. The summed E-state index contributed by atoms with van der Waals surface area (Å²) in [5.41, 5.74) is 17.7. The number of benzene rings is 9. The van der Waals surface area contributed by atoms with Crippen molar-refractivity contribution in [2.45, 2.75) is 24.7 Å². The van der Waals surface area contributed by atoms with E-state index in [1.807, 2.05) is 0 Å². The van der Waals surface area contributed by atoms with Crippen molar-refractivity contribution in [3.05, 3.63) is 234 Å². The van der Waals surface area contributed by atoms with Crippen LogP contribution in [-0.2, 0) is 10.8 Å². The number of para-hydroxylation sites is 1. The molecule has 0 saturated carbocycles. The van der Waals surface area contributed by atoms with Crippen molar-refractivity contribution < 1.29 is 4.74 Å². The van der Waals surface area contributed by atoms with Crippen LogP contribution in [0.4, 0.5) is 17.1 Å². The lowest BCUT2D eigenvalue weighted by Crippen LogP contribution is -2.32. The summed E-state index contributed by atoms with van der Waals surface area (Å²) in [6, 6.07) is 73.7. The van der Waals surface area contributed by atoms with Crippen LogP contribution < -0.4 is 9.64 Å². The van der Waals surface area contributed by atoms with E-state index in [1.54, 1.807) is 0 Å². The Morgan fingerprint density at radius 3 is 1.95 bits per heavy atom. The van der Waals surface area contributed by atoms with Crippen molar-refractivity contribution in [3.8, 4) is 44.9 Å². The number of ether oxygens (including phenoxy) is 1. The molecule has 274 valence electrons. The van der Waals surface area contributed by atoms with Gasteiger partial charge in [0.15, 0.2) is 0 Å². The molecule has 0 bridgehead atoms. The first-order valence-electron chi connectivity index (χ1n) is 20.3. The summed E-state index contributed by atoms with van der Waals surface area (Å²) in [6.07, 6.45) is 0. The summed E-state index contributed by atoms with van der Waals surface area (Å²) in [5, 5.41) is 2.40. The third-order valence-electron chi connectivity index (χ3n) is 13.1. The van der Waals surface area contributed by atoms with E-state index in [-0.39, 0.29) is 5.41 Å². The van der Waals surface area contributed by atoms with Gasteiger partial charge in [-0.25, -0.2) is 0 Å². The molecular weight excluding hydrogens is 703 g/mol. The molecule has 2 heteroatoms. The Bertz CT molecular complexity index is 3140. The van der Waals surface area contributed by atoms with Gasteiger partial charge in [0, 0.05) is 33.5 Å². The maximum absolute atomic E-state index is 6.87. The van der Waals surface area contributed by atoms with E-state index in [2.05, 4.69) is 219 Å². The highest BCUT2D eigenvalue weighted by Gasteiger charge is 2.52. The van der Waals surface area contributed by atoms with Crippen molar-refractivity contribution in [3.63, 3.8) is 0 Å². The molecule has 1 unspecified atom stereocenters. The molecule has 9 aromatic carbocycles. The van der Waals surface area contributed by atoms with Crippen molar-refractivity contribution in [1.29, 1.82) is 0 Å². The van der Waals surface area contributed by atoms with Crippen molar-refractivity contribution in [1.82, 2.24) is 0 Å². The van der Waals surface area contributed by atoms with Crippen LogP contribution in [0.3, 0.4) is 0 Å². The first-order valence-corrected chi connectivity index (χ1v) is 20.3. The number of fused-ring (bicyclic) bond motifs is 14. The average Bonchev–Trinajstić information content (AvgIpc) is 3.69. The maximum atomic E-state index is 6.87. The van der Waals surface area contributed by atoms with Gasteiger partial charge in [-0.2, -0.15) is 0 Å². The Morgan fingerprint density at radius 1 is 0.414 bits per heavy atom. The highest BCUT2D eigenvalue weighted by Crippen LogP contribution is 2.64. The van der Waals surface area contributed by atoms with Crippen LogP contribution >= 0.6 is 0 Å². The van der Waals surface area contributed by atoms with Gasteiger partial charge >= 0.3 is 0 Å². The Labute approximate surface area is 339 Å². The molecule has 12 rings (SSSR count). The fourth-order valence-electron chi connectivity index (χ4n) is 10.6. The first kappa shape index (κ1) is 33.0. The van der Waals surface area contributed by atoms with E-state index in [0.717, 1.165) is 28.4 Å². The summed E-state index contributed by atoms with van der Waals surface area (Å²) < 4.78 is 6.87. The molecular formula is C56H39NO. The third-order valence-corrected chi connectivity index (χ3v) is 13.1.